The Morgan fingerprint density at radius 3 is 2.79 bits per heavy atom. The van der Waals surface area contributed by atoms with Gasteiger partial charge >= 0.3 is 5.97 Å². The Morgan fingerprint density at radius 1 is 1.31 bits per heavy atom. The van der Waals surface area contributed by atoms with Crippen molar-refractivity contribution < 1.29 is 19.2 Å². The molecule has 0 fully saturated rings. The number of anilines is 1. The second kappa shape index (κ2) is 8.84. The van der Waals surface area contributed by atoms with Crippen molar-refractivity contribution in [3.05, 3.63) is 55.4 Å². The molecule has 0 atom stereocenters. The monoisotopic (exact) mass is 413 g/mol. The van der Waals surface area contributed by atoms with E-state index in [4.69, 9.17) is 4.74 Å². The van der Waals surface area contributed by atoms with Crippen LogP contribution in [0.5, 0.6) is 0 Å². The molecule has 1 heterocycles. The normalized spacial score (nSPS) is 13.0. The lowest BCUT2D eigenvalue weighted by molar-refractivity contribution is -0.385. The molecule has 0 spiro atoms. The van der Waals surface area contributed by atoms with Crippen LogP contribution in [0, 0.1) is 28.4 Å². The van der Waals surface area contributed by atoms with E-state index >= 15 is 0 Å². The molecule has 0 bridgehead atoms. The predicted octanol–water partition coefficient (Wildman–Crippen LogP) is 3.90. The first-order valence-corrected chi connectivity index (χ1v) is 9.99. The number of hydrogen-bond acceptors (Lipinski definition) is 7. The minimum absolute atomic E-state index is 0.205. The van der Waals surface area contributed by atoms with Gasteiger partial charge < -0.3 is 10.1 Å². The molecule has 1 N–H and O–H groups in total. The van der Waals surface area contributed by atoms with Crippen LogP contribution in [0.1, 0.15) is 51.2 Å². The van der Waals surface area contributed by atoms with Crippen LogP contribution in [-0.4, -0.2) is 23.4 Å². The number of esters is 1. The maximum Gasteiger partial charge on any atom is 0.345 e. The van der Waals surface area contributed by atoms with E-state index in [1.165, 1.54) is 36.5 Å². The highest BCUT2D eigenvalue weighted by Gasteiger charge is 2.25. The lowest BCUT2D eigenvalue weighted by Crippen LogP contribution is -2.21. The molecule has 0 unspecified atom stereocenters. The molecule has 1 amide bonds. The number of nitrogens with zero attached hydrogens (tertiary/aromatic N) is 2. The maximum atomic E-state index is 12.3. The van der Waals surface area contributed by atoms with E-state index in [9.17, 15) is 25.0 Å². The zero-order chi connectivity index (χ0) is 21.0. The number of carbonyl (C=O) groups is 2. The van der Waals surface area contributed by atoms with Crippen molar-refractivity contribution >= 4 is 33.9 Å². The highest BCUT2D eigenvalue weighted by molar-refractivity contribution is 7.16. The zero-order valence-electron chi connectivity index (χ0n) is 15.8. The summed E-state index contributed by atoms with van der Waals surface area (Å²) in [5.74, 6) is -1.54. The van der Waals surface area contributed by atoms with Gasteiger partial charge in [-0.1, -0.05) is 18.6 Å². The van der Waals surface area contributed by atoms with Gasteiger partial charge in [0.2, 0.25) is 0 Å². The van der Waals surface area contributed by atoms with Crippen LogP contribution in [0.2, 0.25) is 0 Å². The van der Waals surface area contributed by atoms with E-state index < -0.39 is 23.4 Å². The van der Waals surface area contributed by atoms with Gasteiger partial charge in [0.25, 0.3) is 11.6 Å². The summed E-state index contributed by atoms with van der Waals surface area (Å²) in [5.41, 5.74) is 1.25. The summed E-state index contributed by atoms with van der Waals surface area (Å²) >= 11 is 1.38. The number of nitro benzene ring substituents is 1. The van der Waals surface area contributed by atoms with Crippen LogP contribution < -0.4 is 5.32 Å². The number of nitriles is 1. The van der Waals surface area contributed by atoms with Gasteiger partial charge in [0.1, 0.15) is 16.6 Å². The minimum atomic E-state index is -0.946. The maximum absolute atomic E-state index is 12.3. The number of rotatable bonds is 5. The number of para-hydroxylation sites is 1. The zero-order valence-corrected chi connectivity index (χ0v) is 16.6. The van der Waals surface area contributed by atoms with Gasteiger partial charge in [-0.3, -0.25) is 14.9 Å². The summed E-state index contributed by atoms with van der Waals surface area (Å²) in [6, 6.07) is 6.48. The molecule has 9 heteroatoms. The van der Waals surface area contributed by atoms with Crippen molar-refractivity contribution in [2.75, 3.05) is 11.9 Å². The summed E-state index contributed by atoms with van der Waals surface area (Å²) in [6.07, 6.45) is 4.89. The Morgan fingerprint density at radius 2 is 2.07 bits per heavy atom. The van der Waals surface area contributed by atoms with E-state index in [1.807, 2.05) is 0 Å². The van der Waals surface area contributed by atoms with Crippen molar-refractivity contribution in [2.45, 2.75) is 39.0 Å². The first-order chi connectivity index (χ1) is 13.9. The van der Waals surface area contributed by atoms with Gasteiger partial charge in [-0.05, 0) is 44.2 Å². The molecular formula is C20H19N3O5S. The van der Waals surface area contributed by atoms with E-state index in [0.29, 0.717) is 16.1 Å². The van der Waals surface area contributed by atoms with E-state index in [1.54, 1.807) is 0 Å². The fraction of sp³-hybridized carbons (Fsp3) is 0.350. The first kappa shape index (κ1) is 20.5. The SMILES string of the molecule is Cc1cccc(C(=O)OCC(=O)Nc2sc3c(c2C#N)CCCCC3)c1[N+](=O)[O-]. The number of aryl methyl sites for hydroxylation is 2. The standard InChI is InChI=1S/C20H19N3O5S/c1-12-6-5-8-14(18(12)23(26)27)20(25)28-11-17(24)22-19-15(10-21)13-7-3-2-4-9-16(13)29-19/h5-6,8H,2-4,7,9,11H2,1H3,(H,22,24). The third kappa shape index (κ3) is 4.43. The minimum Gasteiger partial charge on any atom is -0.452 e. The van der Waals surface area contributed by atoms with Crippen molar-refractivity contribution in [1.82, 2.24) is 0 Å². The highest BCUT2D eigenvalue weighted by atomic mass is 32.1. The van der Waals surface area contributed by atoms with Crippen LogP contribution in [0.15, 0.2) is 18.2 Å². The molecular weight excluding hydrogens is 394 g/mol. The number of benzene rings is 1. The summed E-state index contributed by atoms with van der Waals surface area (Å²) in [6.45, 7) is 0.920. The van der Waals surface area contributed by atoms with Crippen LogP contribution in [0.3, 0.4) is 0 Å². The van der Waals surface area contributed by atoms with Crippen molar-refractivity contribution in [3.8, 4) is 6.07 Å². The van der Waals surface area contributed by atoms with Gasteiger partial charge in [-0.25, -0.2) is 4.79 Å². The lowest BCUT2D eigenvalue weighted by atomic mass is 10.1. The molecule has 29 heavy (non-hydrogen) atoms. The Hall–Kier alpha value is -3.25. The summed E-state index contributed by atoms with van der Waals surface area (Å²) in [4.78, 5) is 36.2. The molecule has 1 aromatic heterocycles. The Labute approximate surface area is 171 Å². The average Bonchev–Trinajstić information content (AvgIpc) is 2.84. The molecule has 0 saturated heterocycles. The number of fused-ring (bicyclic) bond motifs is 1. The van der Waals surface area contributed by atoms with Crippen LogP contribution >= 0.6 is 11.3 Å². The molecule has 3 rings (SSSR count). The van der Waals surface area contributed by atoms with Crippen LogP contribution in [-0.2, 0) is 22.4 Å². The lowest BCUT2D eigenvalue weighted by Gasteiger charge is -2.07. The predicted molar refractivity (Wildman–Crippen MR) is 107 cm³/mol. The molecule has 8 nitrogen and oxygen atoms in total. The van der Waals surface area contributed by atoms with Gasteiger partial charge in [0.15, 0.2) is 6.61 Å². The van der Waals surface area contributed by atoms with Gasteiger partial charge in [0, 0.05) is 10.4 Å². The second-order valence-electron chi connectivity index (χ2n) is 6.73. The number of thiophene rings is 1. The van der Waals surface area contributed by atoms with Crippen molar-refractivity contribution in [2.24, 2.45) is 0 Å². The Bertz CT molecular complexity index is 1020. The summed E-state index contributed by atoms with van der Waals surface area (Å²) in [7, 11) is 0. The molecule has 150 valence electrons. The van der Waals surface area contributed by atoms with E-state index in [-0.39, 0.29) is 11.3 Å². The molecule has 1 aromatic carbocycles. The smallest absolute Gasteiger partial charge is 0.345 e. The number of nitrogens with one attached hydrogen (secondary N) is 1. The van der Waals surface area contributed by atoms with Gasteiger partial charge in [0.05, 0.1) is 10.5 Å². The van der Waals surface area contributed by atoms with Crippen molar-refractivity contribution in [3.63, 3.8) is 0 Å². The van der Waals surface area contributed by atoms with Crippen LogP contribution in [0.25, 0.3) is 0 Å². The molecule has 1 aliphatic rings. The molecule has 1 aliphatic carbocycles. The number of carbonyl (C=O) groups excluding carboxylic acids is 2. The number of amides is 1. The summed E-state index contributed by atoms with van der Waals surface area (Å²) < 4.78 is 4.97. The van der Waals surface area contributed by atoms with Crippen LogP contribution in [0.4, 0.5) is 10.7 Å². The van der Waals surface area contributed by atoms with Gasteiger partial charge in [-0.15, -0.1) is 11.3 Å². The Balaban J connectivity index is 1.69. The largest absolute Gasteiger partial charge is 0.452 e. The summed E-state index contributed by atoms with van der Waals surface area (Å²) in [5, 5.41) is 23.8. The van der Waals surface area contributed by atoms with E-state index in [0.717, 1.165) is 42.5 Å². The topological polar surface area (TPSA) is 122 Å². The number of nitro groups is 1. The quantitative estimate of drug-likeness (QED) is 0.343. The number of ether oxygens (including phenoxy) is 1. The van der Waals surface area contributed by atoms with E-state index in [2.05, 4.69) is 11.4 Å². The third-order valence-corrected chi connectivity index (χ3v) is 5.97. The highest BCUT2D eigenvalue weighted by Crippen LogP contribution is 2.37. The number of hydrogen-bond donors (Lipinski definition) is 1. The Kier molecular flexibility index (Phi) is 6.24. The average molecular weight is 413 g/mol. The van der Waals surface area contributed by atoms with Gasteiger partial charge in [-0.2, -0.15) is 5.26 Å². The molecule has 0 saturated carbocycles. The first-order valence-electron chi connectivity index (χ1n) is 9.18. The fourth-order valence-corrected chi connectivity index (χ4v) is 4.64. The second-order valence-corrected chi connectivity index (χ2v) is 7.84. The van der Waals surface area contributed by atoms with Crippen molar-refractivity contribution in [1.29, 1.82) is 5.26 Å². The molecule has 2 aromatic rings. The molecule has 0 aliphatic heterocycles. The molecule has 0 radical (unpaired) electrons. The third-order valence-electron chi connectivity index (χ3n) is 4.76. The fourth-order valence-electron chi connectivity index (χ4n) is 3.39.